The van der Waals surface area contributed by atoms with Crippen LogP contribution in [0.25, 0.3) is 0 Å². The van der Waals surface area contributed by atoms with E-state index in [1.165, 1.54) is 18.2 Å². The van der Waals surface area contributed by atoms with E-state index in [0.29, 0.717) is 16.4 Å². The Hall–Kier alpha value is -1.92. The van der Waals surface area contributed by atoms with Gasteiger partial charge in [0.05, 0.1) is 4.92 Å². The SMILES string of the molecule is Cc1nc(Cl)c(C)c(Oc2cc(Cl)ccc2[N+](=O)[O-])n1. The molecular weight excluding hydrogens is 305 g/mol. The van der Waals surface area contributed by atoms with Gasteiger partial charge < -0.3 is 4.74 Å². The lowest BCUT2D eigenvalue weighted by atomic mass is 10.3. The van der Waals surface area contributed by atoms with E-state index in [9.17, 15) is 10.1 Å². The minimum atomic E-state index is -0.559. The van der Waals surface area contributed by atoms with Crippen molar-refractivity contribution < 1.29 is 9.66 Å². The predicted octanol–water partition coefficient (Wildman–Crippen LogP) is 4.10. The minimum absolute atomic E-state index is 0.000216. The zero-order valence-corrected chi connectivity index (χ0v) is 12.1. The highest BCUT2D eigenvalue weighted by atomic mass is 35.5. The van der Waals surface area contributed by atoms with Gasteiger partial charge in [-0.25, -0.2) is 4.98 Å². The van der Waals surface area contributed by atoms with Gasteiger partial charge in [-0.1, -0.05) is 23.2 Å². The second-order valence-corrected chi connectivity index (χ2v) is 4.76. The van der Waals surface area contributed by atoms with Crippen molar-refractivity contribution in [2.75, 3.05) is 0 Å². The lowest BCUT2D eigenvalue weighted by Gasteiger charge is -2.09. The van der Waals surface area contributed by atoms with E-state index in [2.05, 4.69) is 9.97 Å². The minimum Gasteiger partial charge on any atom is -0.431 e. The van der Waals surface area contributed by atoms with Gasteiger partial charge in [0.1, 0.15) is 11.0 Å². The maximum atomic E-state index is 11.0. The highest BCUT2D eigenvalue weighted by molar-refractivity contribution is 6.31. The van der Waals surface area contributed by atoms with Crippen LogP contribution in [0.5, 0.6) is 11.6 Å². The molecule has 6 nitrogen and oxygen atoms in total. The summed E-state index contributed by atoms with van der Waals surface area (Å²) in [4.78, 5) is 18.4. The molecule has 0 unspecified atom stereocenters. The monoisotopic (exact) mass is 313 g/mol. The van der Waals surface area contributed by atoms with Crippen LogP contribution in [0.2, 0.25) is 10.2 Å². The molecule has 1 heterocycles. The topological polar surface area (TPSA) is 78.2 Å². The van der Waals surface area contributed by atoms with Crippen LogP contribution in [-0.4, -0.2) is 14.9 Å². The number of nitrogens with zero attached hydrogens (tertiary/aromatic N) is 3. The molecule has 0 fully saturated rings. The van der Waals surface area contributed by atoms with Crippen LogP contribution in [0.3, 0.4) is 0 Å². The van der Waals surface area contributed by atoms with E-state index in [0.717, 1.165) is 0 Å². The molecule has 2 aromatic rings. The summed E-state index contributed by atoms with van der Waals surface area (Å²) in [7, 11) is 0. The van der Waals surface area contributed by atoms with E-state index < -0.39 is 4.92 Å². The van der Waals surface area contributed by atoms with Gasteiger partial charge in [0.15, 0.2) is 0 Å². The van der Waals surface area contributed by atoms with E-state index in [1.807, 2.05) is 0 Å². The van der Waals surface area contributed by atoms with Gasteiger partial charge in [0.2, 0.25) is 11.6 Å². The zero-order valence-electron chi connectivity index (χ0n) is 10.6. The number of hydrogen-bond donors (Lipinski definition) is 0. The molecule has 0 saturated heterocycles. The molecule has 0 saturated carbocycles. The van der Waals surface area contributed by atoms with Crippen LogP contribution < -0.4 is 4.74 Å². The van der Waals surface area contributed by atoms with Crippen molar-refractivity contribution in [2.24, 2.45) is 0 Å². The molecule has 0 aliphatic carbocycles. The van der Waals surface area contributed by atoms with Gasteiger partial charge in [-0.3, -0.25) is 10.1 Å². The Morgan fingerprint density at radius 3 is 2.60 bits per heavy atom. The number of benzene rings is 1. The first-order valence-electron chi connectivity index (χ1n) is 5.51. The third kappa shape index (κ3) is 2.97. The zero-order chi connectivity index (χ0) is 14.9. The molecule has 0 amide bonds. The molecular formula is C12H9Cl2N3O3. The molecule has 0 bridgehead atoms. The van der Waals surface area contributed by atoms with Gasteiger partial charge in [0, 0.05) is 22.7 Å². The fraction of sp³-hybridized carbons (Fsp3) is 0.167. The molecule has 2 rings (SSSR count). The number of aryl methyl sites for hydroxylation is 1. The molecule has 0 aliphatic heterocycles. The lowest BCUT2D eigenvalue weighted by molar-refractivity contribution is -0.385. The van der Waals surface area contributed by atoms with Gasteiger partial charge in [-0.2, -0.15) is 4.98 Å². The summed E-state index contributed by atoms with van der Waals surface area (Å²) in [5.74, 6) is 0.563. The van der Waals surface area contributed by atoms with Crippen molar-refractivity contribution in [1.82, 2.24) is 9.97 Å². The Labute approximate surface area is 124 Å². The number of halogens is 2. The Bertz CT molecular complexity index is 692. The molecule has 8 heteroatoms. The van der Waals surface area contributed by atoms with Gasteiger partial charge in [0.25, 0.3) is 0 Å². The van der Waals surface area contributed by atoms with Crippen molar-refractivity contribution in [3.05, 3.63) is 49.9 Å². The molecule has 0 N–H and O–H groups in total. The quantitative estimate of drug-likeness (QED) is 0.484. The largest absolute Gasteiger partial charge is 0.431 e. The summed E-state index contributed by atoms with van der Waals surface area (Å²) in [5.41, 5.74) is 0.285. The van der Waals surface area contributed by atoms with Gasteiger partial charge >= 0.3 is 5.69 Å². The van der Waals surface area contributed by atoms with Gasteiger partial charge in [-0.15, -0.1) is 0 Å². The molecule has 0 atom stereocenters. The smallest absolute Gasteiger partial charge is 0.311 e. The van der Waals surface area contributed by atoms with Crippen molar-refractivity contribution in [3.63, 3.8) is 0 Å². The number of aromatic nitrogens is 2. The fourth-order valence-corrected chi connectivity index (χ4v) is 1.86. The van der Waals surface area contributed by atoms with Gasteiger partial charge in [-0.05, 0) is 19.9 Å². The molecule has 0 spiro atoms. The number of rotatable bonds is 3. The summed E-state index contributed by atoms with van der Waals surface area (Å²) < 4.78 is 5.48. The maximum Gasteiger partial charge on any atom is 0.311 e. The first-order chi connectivity index (χ1) is 9.38. The highest BCUT2D eigenvalue weighted by Gasteiger charge is 2.18. The molecule has 104 valence electrons. The molecule has 1 aromatic heterocycles. The average Bonchev–Trinajstić information content (AvgIpc) is 2.35. The number of nitro groups is 1. The second kappa shape index (κ2) is 5.60. The fourth-order valence-electron chi connectivity index (χ4n) is 1.49. The van der Waals surface area contributed by atoms with Crippen molar-refractivity contribution in [1.29, 1.82) is 0 Å². The molecule has 1 aromatic carbocycles. The Kier molecular flexibility index (Phi) is 4.06. The molecule has 0 radical (unpaired) electrons. The van der Waals surface area contributed by atoms with Crippen LogP contribution in [0.4, 0.5) is 5.69 Å². The van der Waals surface area contributed by atoms with E-state index in [4.69, 9.17) is 27.9 Å². The summed E-state index contributed by atoms with van der Waals surface area (Å²) in [6.45, 7) is 3.30. The van der Waals surface area contributed by atoms with Crippen LogP contribution in [0, 0.1) is 24.0 Å². The van der Waals surface area contributed by atoms with E-state index >= 15 is 0 Å². The summed E-state index contributed by atoms with van der Waals surface area (Å²) in [6.07, 6.45) is 0. The number of ether oxygens (including phenoxy) is 1. The first-order valence-corrected chi connectivity index (χ1v) is 6.26. The normalized spacial score (nSPS) is 10.4. The predicted molar refractivity (Wildman–Crippen MR) is 74.7 cm³/mol. The summed E-state index contributed by atoms with van der Waals surface area (Å²) in [5, 5.41) is 11.5. The van der Waals surface area contributed by atoms with E-state index in [1.54, 1.807) is 13.8 Å². The summed E-state index contributed by atoms with van der Waals surface area (Å²) in [6, 6.07) is 4.03. The van der Waals surface area contributed by atoms with Crippen molar-refractivity contribution >= 4 is 28.9 Å². The second-order valence-electron chi connectivity index (χ2n) is 3.96. The number of nitro benzene ring substituents is 1. The van der Waals surface area contributed by atoms with Crippen LogP contribution in [0.1, 0.15) is 11.4 Å². The molecule has 0 aliphatic rings. The third-order valence-electron chi connectivity index (χ3n) is 2.48. The Balaban J connectivity index is 2.50. The standard InChI is InChI=1S/C12H9Cl2N3O3/c1-6-11(14)15-7(2)16-12(6)20-10-5-8(13)3-4-9(10)17(18)19/h3-5H,1-2H3. The van der Waals surface area contributed by atoms with Crippen LogP contribution in [-0.2, 0) is 0 Å². The Morgan fingerprint density at radius 2 is 1.95 bits per heavy atom. The Morgan fingerprint density at radius 1 is 1.25 bits per heavy atom. The summed E-state index contributed by atoms with van der Waals surface area (Å²) >= 11 is 11.8. The average molecular weight is 314 g/mol. The van der Waals surface area contributed by atoms with Crippen molar-refractivity contribution in [3.8, 4) is 11.6 Å². The maximum absolute atomic E-state index is 11.0. The van der Waals surface area contributed by atoms with Crippen LogP contribution in [0.15, 0.2) is 18.2 Å². The highest BCUT2D eigenvalue weighted by Crippen LogP contribution is 2.35. The third-order valence-corrected chi connectivity index (χ3v) is 3.08. The number of hydrogen-bond acceptors (Lipinski definition) is 5. The lowest BCUT2D eigenvalue weighted by Crippen LogP contribution is -1.99. The van der Waals surface area contributed by atoms with Crippen molar-refractivity contribution in [2.45, 2.75) is 13.8 Å². The molecule has 20 heavy (non-hydrogen) atoms. The van der Waals surface area contributed by atoms with Crippen LogP contribution >= 0.6 is 23.2 Å². The first kappa shape index (κ1) is 14.5. The van der Waals surface area contributed by atoms with E-state index in [-0.39, 0.29) is 22.5 Å².